The second-order valence-corrected chi connectivity index (χ2v) is 5.71. The van der Waals surface area contributed by atoms with Crippen LogP contribution in [0.4, 0.5) is 0 Å². The van der Waals surface area contributed by atoms with Crippen LogP contribution in [-0.4, -0.2) is 6.54 Å². The highest BCUT2D eigenvalue weighted by Gasteiger charge is 2.07. The monoisotopic (exact) mass is 295 g/mol. The number of nitrogens with two attached hydrogens (primary N) is 1. The molecule has 16 heavy (non-hydrogen) atoms. The molecule has 0 aliphatic carbocycles. The van der Waals surface area contributed by atoms with E-state index in [0.717, 1.165) is 4.47 Å². The Morgan fingerprint density at radius 2 is 2.00 bits per heavy atom. The van der Waals surface area contributed by atoms with Crippen molar-refractivity contribution in [1.82, 2.24) is 0 Å². The van der Waals surface area contributed by atoms with Gasteiger partial charge >= 0.3 is 0 Å². The van der Waals surface area contributed by atoms with E-state index in [0.29, 0.717) is 12.5 Å². The zero-order valence-corrected chi connectivity index (χ0v) is 11.5. The Balaban J connectivity index is 2.28. The summed E-state index contributed by atoms with van der Waals surface area (Å²) >= 11 is 5.23. The number of halogens is 1. The first-order valence-electron chi connectivity index (χ1n) is 5.25. The van der Waals surface area contributed by atoms with Crippen LogP contribution in [-0.2, 0) is 0 Å². The summed E-state index contributed by atoms with van der Waals surface area (Å²) in [6, 6.07) is 10.6. The molecule has 0 fully saturated rings. The van der Waals surface area contributed by atoms with Crippen LogP contribution in [0.15, 0.2) is 40.2 Å². The van der Waals surface area contributed by atoms with Gasteiger partial charge < -0.3 is 5.73 Å². The van der Waals surface area contributed by atoms with Gasteiger partial charge in [0.1, 0.15) is 0 Å². The average Bonchev–Trinajstić information content (AvgIpc) is 2.78. The van der Waals surface area contributed by atoms with Crippen molar-refractivity contribution in [2.24, 2.45) is 5.73 Å². The smallest absolute Gasteiger partial charge is 0.0345 e. The molecule has 1 aromatic carbocycles. The van der Waals surface area contributed by atoms with Crippen molar-refractivity contribution in [3.63, 3.8) is 0 Å². The summed E-state index contributed by atoms with van der Waals surface area (Å²) in [5, 5.41) is 2.20. The van der Waals surface area contributed by atoms with E-state index in [4.69, 9.17) is 5.73 Å². The van der Waals surface area contributed by atoms with Crippen molar-refractivity contribution in [3.05, 3.63) is 45.7 Å². The minimum Gasteiger partial charge on any atom is -0.330 e. The summed E-state index contributed by atoms with van der Waals surface area (Å²) in [5.41, 5.74) is 8.28. The Bertz CT molecular complexity index is 461. The lowest BCUT2D eigenvalue weighted by Gasteiger charge is -2.03. The molecular weight excluding hydrogens is 282 g/mol. The van der Waals surface area contributed by atoms with Gasteiger partial charge in [0, 0.05) is 9.35 Å². The van der Waals surface area contributed by atoms with Crippen LogP contribution >= 0.6 is 27.3 Å². The van der Waals surface area contributed by atoms with E-state index in [9.17, 15) is 0 Å². The van der Waals surface area contributed by atoms with Gasteiger partial charge in [-0.2, -0.15) is 0 Å². The predicted octanol–water partition coefficient (Wildman–Crippen LogP) is 4.24. The van der Waals surface area contributed by atoms with Gasteiger partial charge in [-0.15, -0.1) is 11.3 Å². The van der Waals surface area contributed by atoms with Gasteiger partial charge in [0.05, 0.1) is 0 Å². The van der Waals surface area contributed by atoms with Crippen molar-refractivity contribution in [2.45, 2.75) is 12.8 Å². The Kier molecular flexibility index (Phi) is 3.79. The maximum Gasteiger partial charge on any atom is 0.0345 e. The molecule has 0 aliphatic heterocycles. The van der Waals surface area contributed by atoms with E-state index in [1.165, 1.54) is 16.0 Å². The van der Waals surface area contributed by atoms with Crippen LogP contribution in [0, 0.1) is 0 Å². The zero-order chi connectivity index (χ0) is 11.5. The Morgan fingerprint density at radius 1 is 1.31 bits per heavy atom. The van der Waals surface area contributed by atoms with E-state index in [1.807, 2.05) is 0 Å². The molecule has 2 N–H and O–H groups in total. The lowest BCUT2D eigenvalue weighted by atomic mass is 10.0. The maximum atomic E-state index is 5.67. The third-order valence-corrected chi connectivity index (χ3v) is 4.20. The quantitative estimate of drug-likeness (QED) is 0.900. The first-order chi connectivity index (χ1) is 7.70. The minimum absolute atomic E-state index is 0.445. The third-order valence-electron chi connectivity index (χ3n) is 2.67. The second kappa shape index (κ2) is 5.13. The summed E-state index contributed by atoms with van der Waals surface area (Å²) in [7, 11) is 0. The largest absolute Gasteiger partial charge is 0.330 e. The highest BCUT2D eigenvalue weighted by Crippen LogP contribution is 2.30. The average molecular weight is 296 g/mol. The molecule has 0 saturated carbocycles. The molecular formula is C13H14BrNS. The van der Waals surface area contributed by atoms with Crippen LogP contribution in [0.5, 0.6) is 0 Å². The van der Waals surface area contributed by atoms with Gasteiger partial charge in [0.25, 0.3) is 0 Å². The van der Waals surface area contributed by atoms with E-state index in [-0.39, 0.29) is 0 Å². The topological polar surface area (TPSA) is 26.0 Å². The maximum absolute atomic E-state index is 5.67. The fourth-order valence-electron chi connectivity index (χ4n) is 1.51. The minimum atomic E-state index is 0.445. The lowest BCUT2D eigenvalue weighted by Crippen LogP contribution is -2.07. The van der Waals surface area contributed by atoms with Crippen LogP contribution in [0.25, 0.3) is 10.4 Å². The highest BCUT2D eigenvalue weighted by atomic mass is 79.9. The first-order valence-corrected chi connectivity index (χ1v) is 6.92. The third kappa shape index (κ3) is 2.54. The van der Waals surface area contributed by atoms with Crippen molar-refractivity contribution >= 4 is 27.3 Å². The summed E-state index contributed by atoms with van der Waals surface area (Å²) in [6.07, 6.45) is 0. The van der Waals surface area contributed by atoms with Gasteiger partial charge in [-0.05, 0) is 47.2 Å². The molecule has 0 radical (unpaired) electrons. The number of hydrogen-bond acceptors (Lipinski definition) is 2. The second-order valence-electron chi connectivity index (χ2n) is 3.89. The number of rotatable bonds is 3. The molecule has 1 atom stereocenters. The normalized spacial score (nSPS) is 12.7. The fourth-order valence-corrected chi connectivity index (χ4v) is 2.81. The molecule has 2 aromatic rings. The fraction of sp³-hybridized carbons (Fsp3) is 0.231. The number of thiophene rings is 1. The van der Waals surface area contributed by atoms with Gasteiger partial charge in [-0.3, -0.25) is 0 Å². The molecule has 2 rings (SSSR count). The zero-order valence-electron chi connectivity index (χ0n) is 9.11. The molecule has 0 aliphatic rings. The van der Waals surface area contributed by atoms with E-state index >= 15 is 0 Å². The molecule has 84 valence electrons. The molecule has 0 spiro atoms. The molecule has 0 saturated heterocycles. The number of benzene rings is 1. The van der Waals surface area contributed by atoms with Crippen molar-refractivity contribution in [1.29, 1.82) is 0 Å². The molecule has 1 heterocycles. The summed E-state index contributed by atoms with van der Waals surface area (Å²) < 4.78 is 1.11. The summed E-state index contributed by atoms with van der Waals surface area (Å²) in [6.45, 7) is 2.87. The molecule has 0 amide bonds. The Morgan fingerprint density at radius 3 is 2.62 bits per heavy atom. The van der Waals surface area contributed by atoms with Crippen molar-refractivity contribution in [3.8, 4) is 10.4 Å². The summed E-state index contributed by atoms with van der Waals surface area (Å²) in [5.74, 6) is 0.445. The first kappa shape index (κ1) is 11.8. The van der Waals surface area contributed by atoms with E-state index < -0.39 is 0 Å². The van der Waals surface area contributed by atoms with Gasteiger partial charge in [-0.1, -0.05) is 35.0 Å². The van der Waals surface area contributed by atoms with E-state index in [2.05, 4.69) is 58.6 Å². The van der Waals surface area contributed by atoms with Crippen LogP contribution in [0.3, 0.4) is 0 Å². The SMILES string of the molecule is CC(CN)c1csc(-c2ccc(Br)cc2)c1. The molecule has 3 heteroatoms. The van der Waals surface area contributed by atoms with Gasteiger partial charge in [0.15, 0.2) is 0 Å². The molecule has 1 unspecified atom stereocenters. The van der Waals surface area contributed by atoms with Crippen LogP contribution in [0.1, 0.15) is 18.4 Å². The van der Waals surface area contributed by atoms with Gasteiger partial charge in [0.2, 0.25) is 0 Å². The highest BCUT2D eigenvalue weighted by molar-refractivity contribution is 9.10. The van der Waals surface area contributed by atoms with Crippen molar-refractivity contribution in [2.75, 3.05) is 6.54 Å². The standard InChI is InChI=1S/C13H14BrNS/c1-9(7-15)11-6-13(16-8-11)10-2-4-12(14)5-3-10/h2-6,8-9H,7,15H2,1H3. The van der Waals surface area contributed by atoms with Crippen LogP contribution in [0.2, 0.25) is 0 Å². The predicted molar refractivity (Wildman–Crippen MR) is 74.9 cm³/mol. The summed E-state index contributed by atoms with van der Waals surface area (Å²) in [4.78, 5) is 1.31. The Hall–Kier alpha value is -0.640. The number of hydrogen-bond donors (Lipinski definition) is 1. The Labute approximate surface area is 108 Å². The van der Waals surface area contributed by atoms with E-state index in [1.54, 1.807) is 11.3 Å². The molecule has 0 bridgehead atoms. The molecule has 1 nitrogen and oxygen atoms in total. The molecule has 1 aromatic heterocycles. The van der Waals surface area contributed by atoms with Crippen LogP contribution < -0.4 is 5.73 Å². The van der Waals surface area contributed by atoms with Crippen molar-refractivity contribution < 1.29 is 0 Å². The van der Waals surface area contributed by atoms with Gasteiger partial charge in [-0.25, -0.2) is 0 Å². The lowest BCUT2D eigenvalue weighted by molar-refractivity contribution is 0.778.